The summed E-state index contributed by atoms with van der Waals surface area (Å²) in [5.74, 6) is 0.360. The fourth-order valence-corrected chi connectivity index (χ4v) is 5.86. The van der Waals surface area contributed by atoms with E-state index in [1.54, 1.807) is 0 Å². The van der Waals surface area contributed by atoms with Gasteiger partial charge in [0.2, 0.25) is 0 Å². The summed E-state index contributed by atoms with van der Waals surface area (Å²) in [6, 6.07) is 21.0. The second kappa shape index (κ2) is 11.5. The van der Waals surface area contributed by atoms with Gasteiger partial charge >= 0.3 is 12.4 Å². The molecule has 1 N–H and O–H groups in total. The SMILES string of the molecule is CCc1ccccc1-n1c(C)csc1=NC(=O)NC1CC1c1ccc(-c2ncn(-c3ccc(OC(F)(F)F)cc3)n2)cc1. The van der Waals surface area contributed by atoms with Crippen molar-refractivity contribution in [2.24, 2.45) is 4.99 Å². The van der Waals surface area contributed by atoms with Gasteiger partial charge in [0.05, 0.1) is 11.4 Å². The molecule has 0 saturated heterocycles. The molecule has 3 aromatic carbocycles. The van der Waals surface area contributed by atoms with E-state index in [0.717, 1.165) is 35.3 Å². The van der Waals surface area contributed by atoms with Crippen LogP contribution in [0.2, 0.25) is 0 Å². The molecule has 12 heteroatoms. The van der Waals surface area contributed by atoms with E-state index in [9.17, 15) is 18.0 Å². The second-order valence-corrected chi connectivity index (χ2v) is 11.0. The smallest absolute Gasteiger partial charge is 0.406 e. The first-order valence-electron chi connectivity index (χ1n) is 13.7. The molecule has 8 nitrogen and oxygen atoms in total. The van der Waals surface area contributed by atoms with Crippen LogP contribution in [0.4, 0.5) is 18.0 Å². The summed E-state index contributed by atoms with van der Waals surface area (Å²) < 4.78 is 44.7. The molecule has 2 aromatic heterocycles. The van der Waals surface area contributed by atoms with Crippen LogP contribution < -0.4 is 14.9 Å². The normalized spacial score (nSPS) is 16.7. The molecule has 2 atom stereocenters. The zero-order valence-electron chi connectivity index (χ0n) is 23.2. The maximum atomic E-state index is 12.9. The van der Waals surface area contributed by atoms with E-state index in [4.69, 9.17) is 0 Å². The van der Waals surface area contributed by atoms with Gasteiger partial charge < -0.3 is 10.1 Å². The van der Waals surface area contributed by atoms with Crippen LogP contribution in [0.5, 0.6) is 5.75 Å². The van der Waals surface area contributed by atoms with Gasteiger partial charge in [-0.2, -0.15) is 4.99 Å². The van der Waals surface area contributed by atoms with Gasteiger partial charge in [-0.25, -0.2) is 14.5 Å². The number of nitrogens with one attached hydrogen (secondary N) is 1. The van der Waals surface area contributed by atoms with E-state index in [1.807, 2.05) is 59.3 Å². The summed E-state index contributed by atoms with van der Waals surface area (Å²) >= 11 is 1.44. The van der Waals surface area contributed by atoms with E-state index < -0.39 is 6.36 Å². The Hall–Kier alpha value is -4.71. The van der Waals surface area contributed by atoms with Gasteiger partial charge in [-0.15, -0.1) is 29.6 Å². The molecule has 5 aromatic rings. The molecule has 1 aliphatic carbocycles. The lowest BCUT2D eigenvalue weighted by Gasteiger charge is -2.11. The molecule has 6 rings (SSSR count). The van der Waals surface area contributed by atoms with Gasteiger partial charge in [0.15, 0.2) is 10.6 Å². The van der Waals surface area contributed by atoms with Crippen LogP contribution in [0.1, 0.15) is 36.1 Å². The van der Waals surface area contributed by atoms with Gasteiger partial charge in [0.1, 0.15) is 12.1 Å². The Balaban J connectivity index is 1.10. The van der Waals surface area contributed by atoms with Gasteiger partial charge in [0, 0.05) is 28.6 Å². The van der Waals surface area contributed by atoms with E-state index >= 15 is 0 Å². The number of alkyl halides is 3. The van der Waals surface area contributed by atoms with Crippen molar-refractivity contribution in [3.05, 3.63) is 106 Å². The first-order valence-corrected chi connectivity index (χ1v) is 14.6. The molecule has 0 spiro atoms. The van der Waals surface area contributed by atoms with E-state index in [-0.39, 0.29) is 23.7 Å². The van der Waals surface area contributed by atoms with E-state index in [2.05, 4.69) is 38.1 Å². The Kier molecular flexibility index (Phi) is 7.61. The number of carbonyl (C=O) groups excluding carboxylic acids is 1. The fourth-order valence-electron chi connectivity index (χ4n) is 4.99. The zero-order valence-corrected chi connectivity index (χ0v) is 24.1. The predicted molar refractivity (Wildman–Crippen MR) is 156 cm³/mol. The lowest BCUT2D eigenvalue weighted by molar-refractivity contribution is -0.274. The summed E-state index contributed by atoms with van der Waals surface area (Å²) in [4.78, 5) is 22.2. The van der Waals surface area contributed by atoms with E-state index in [0.29, 0.717) is 16.3 Å². The van der Waals surface area contributed by atoms with Crippen molar-refractivity contribution in [1.82, 2.24) is 24.6 Å². The molecule has 0 radical (unpaired) electrons. The summed E-state index contributed by atoms with van der Waals surface area (Å²) in [5, 5.41) is 9.49. The molecule has 2 amide bonds. The van der Waals surface area contributed by atoms with Gasteiger partial charge in [-0.1, -0.05) is 49.4 Å². The number of rotatable bonds is 7. The van der Waals surface area contributed by atoms with Gasteiger partial charge in [0.25, 0.3) is 0 Å². The van der Waals surface area contributed by atoms with Gasteiger partial charge in [-0.3, -0.25) is 4.57 Å². The standard InChI is InChI=1S/C31H27F3N6O2S/c1-3-20-6-4-5-7-27(20)40-19(2)17-43-30(40)37-29(41)36-26-16-25(26)21-8-10-22(11-9-21)28-35-18-39(38-28)23-12-14-24(15-13-23)42-31(32,33)34/h4-15,17-18,25-26H,3,16H2,1-2H3,(H,36,41). The Labute approximate surface area is 249 Å². The number of aryl methyl sites for hydroxylation is 2. The molecule has 0 aliphatic heterocycles. The molecule has 43 heavy (non-hydrogen) atoms. The summed E-state index contributed by atoms with van der Waals surface area (Å²) in [5.41, 5.74) is 5.67. The van der Waals surface area contributed by atoms with Crippen molar-refractivity contribution in [2.45, 2.75) is 45.0 Å². The molecule has 2 unspecified atom stereocenters. The molecule has 220 valence electrons. The molecule has 1 aliphatic rings. The van der Waals surface area contributed by atoms with Crippen molar-refractivity contribution in [2.75, 3.05) is 0 Å². The number of ether oxygens (including phenoxy) is 1. The van der Waals surface area contributed by atoms with Crippen molar-refractivity contribution in [3.63, 3.8) is 0 Å². The summed E-state index contributed by atoms with van der Waals surface area (Å²) in [6.45, 7) is 4.12. The zero-order chi connectivity index (χ0) is 30.1. The van der Waals surface area contributed by atoms with Crippen LogP contribution in [0.25, 0.3) is 22.8 Å². The van der Waals surface area contributed by atoms with Crippen LogP contribution in [0.3, 0.4) is 0 Å². The number of carbonyl (C=O) groups is 1. The highest BCUT2D eigenvalue weighted by atomic mass is 32.1. The predicted octanol–water partition coefficient (Wildman–Crippen LogP) is 6.72. The van der Waals surface area contributed by atoms with Gasteiger partial charge in [-0.05, 0) is 61.2 Å². The third-order valence-electron chi connectivity index (χ3n) is 7.21. The Morgan fingerprint density at radius 1 is 1.09 bits per heavy atom. The summed E-state index contributed by atoms with van der Waals surface area (Å²) in [7, 11) is 0. The van der Waals surface area contributed by atoms with Crippen molar-refractivity contribution in [3.8, 4) is 28.5 Å². The number of amides is 2. The number of nitrogens with zero attached hydrogens (tertiary/aromatic N) is 5. The molecular weight excluding hydrogens is 577 g/mol. The Morgan fingerprint density at radius 3 is 2.56 bits per heavy atom. The first-order chi connectivity index (χ1) is 20.7. The topological polar surface area (TPSA) is 86.3 Å². The minimum Gasteiger partial charge on any atom is -0.406 e. The van der Waals surface area contributed by atoms with Crippen molar-refractivity contribution >= 4 is 17.4 Å². The fraction of sp³-hybridized carbons (Fsp3) is 0.226. The Bertz CT molecular complexity index is 1820. The average Bonchev–Trinajstić information content (AvgIpc) is 3.39. The minimum atomic E-state index is -4.75. The number of urea groups is 1. The molecule has 1 fully saturated rings. The third-order valence-corrected chi connectivity index (χ3v) is 8.16. The monoisotopic (exact) mass is 604 g/mol. The lowest BCUT2D eigenvalue weighted by atomic mass is 10.1. The molecule has 0 bridgehead atoms. The van der Waals surface area contributed by atoms with Crippen LogP contribution in [0, 0.1) is 6.92 Å². The minimum absolute atomic E-state index is 0.00108. The second-order valence-electron chi connectivity index (χ2n) is 10.2. The maximum Gasteiger partial charge on any atom is 0.573 e. The number of benzene rings is 3. The first kappa shape index (κ1) is 28.4. The summed E-state index contributed by atoms with van der Waals surface area (Å²) in [6.07, 6.45) is -1.55. The van der Waals surface area contributed by atoms with Crippen LogP contribution >= 0.6 is 11.3 Å². The highest BCUT2D eigenvalue weighted by Gasteiger charge is 2.39. The number of aromatic nitrogens is 4. The molecular formula is C31H27F3N6O2S. The van der Waals surface area contributed by atoms with Crippen molar-refractivity contribution < 1.29 is 22.7 Å². The van der Waals surface area contributed by atoms with Crippen LogP contribution in [0.15, 0.2) is 89.5 Å². The average molecular weight is 605 g/mol. The van der Waals surface area contributed by atoms with Crippen LogP contribution in [-0.2, 0) is 6.42 Å². The largest absolute Gasteiger partial charge is 0.573 e. The lowest BCUT2D eigenvalue weighted by Crippen LogP contribution is -2.27. The quantitative estimate of drug-likeness (QED) is 0.223. The highest BCUT2D eigenvalue weighted by Crippen LogP contribution is 2.41. The van der Waals surface area contributed by atoms with Crippen LogP contribution in [-0.4, -0.2) is 37.8 Å². The molecule has 2 heterocycles. The highest BCUT2D eigenvalue weighted by molar-refractivity contribution is 7.07. The number of hydrogen-bond acceptors (Lipinski definition) is 5. The maximum absolute atomic E-state index is 12.9. The Morgan fingerprint density at radius 2 is 1.84 bits per heavy atom. The third kappa shape index (κ3) is 6.38. The number of thiazole rings is 1. The number of hydrogen-bond donors (Lipinski definition) is 1. The number of halogens is 3. The van der Waals surface area contributed by atoms with E-state index in [1.165, 1.54) is 52.2 Å². The molecule has 1 saturated carbocycles. The van der Waals surface area contributed by atoms with Crippen molar-refractivity contribution in [1.29, 1.82) is 0 Å². The number of para-hydroxylation sites is 1.